The van der Waals surface area contributed by atoms with Gasteiger partial charge in [-0.2, -0.15) is 4.98 Å². The van der Waals surface area contributed by atoms with Crippen LogP contribution in [0, 0.1) is 0 Å². The van der Waals surface area contributed by atoms with Crippen LogP contribution in [-0.4, -0.2) is 15.1 Å². The summed E-state index contributed by atoms with van der Waals surface area (Å²) in [4.78, 5) is 17.6. The molecule has 0 bridgehead atoms. The molecular formula is C8H11ClN2O2. The number of rotatable bonds is 2. The highest BCUT2D eigenvalue weighted by Crippen LogP contribution is 2.18. The zero-order chi connectivity index (χ0) is 10.0. The average Bonchev–Trinajstić information content (AvgIpc) is 2.02. The summed E-state index contributed by atoms with van der Waals surface area (Å²) in [5.74, 6) is 0.0878. The molecule has 0 amide bonds. The van der Waals surface area contributed by atoms with Gasteiger partial charge in [-0.05, 0) is 5.92 Å². The van der Waals surface area contributed by atoms with E-state index in [0.717, 1.165) is 0 Å². The molecule has 1 rings (SSSR count). The Labute approximate surface area is 80.6 Å². The minimum absolute atomic E-state index is 0.0550. The first-order valence-electron chi connectivity index (χ1n) is 3.94. The van der Waals surface area contributed by atoms with Gasteiger partial charge < -0.3 is 10.1 Å². The number of nitrogens with one attached hydrogen (secondary N) is 1. The summed E-state index contributed by atoms with van der Waals surface area (Å²) >= 11 is 5.46. The zero-order valence-electron chi connectivity index (χ0n) is 7.47. The predicted octanol–water partition coefficient (Wildman–Crippen LogP) is 1.34. The molecule has 2 N–H and O–H groups in total. The third-order valence-corrected chi connectivity index (χ3v) is 1.94. The molecule has 5 heteroatoms. The number of hydrogen-bond acceptors (Lipinski definition) is 3. The van der Waals surface area contributed by atoms with Gasteiger partial charge in [-0.3, -0.25) is 4.79 Å². The highest BCUT2D eigenvalue weighted by molar-refractivity contribution is 6.16. The Balaban J connectivity index is 3.32. The van der Waals surface area contributed by atoms with Crippen molar-refractivity contribution in [1.29, 1.82) is 0 Å². The second-order valence-corrected chi connectivity index (χ2v) is 3.31. The molecule has 0 aliphatic heterocycles. The highest BCUT2D eigenvalue weighted by Gasteiger charge is 2.13. The molecule has 1 heterocycles. The van der Waals surface area contributed by atoms with E-state index in [9.17, 15) is 9.90 Å². The van der Waals surface area contributed by atoms with E-state index in [2.05, 4.69) is 9.97 Å². The summed E-state index contributed by atoms with van der Waals surface area (Å²) < 4.78 is 0. The molecular weight excluding hydrogens is 192 g/mol. The van der Waals surface area contributed by atoms with Gasteiger partial charge in [-0.15, -0.1) is 11.6 Å². The largest absolute Gasteiger partial charge is 0.493 e. The van der Waals surface area contributed by atoms with Gasteiger partial charge in [0.2, 0.25) is 5.88 Å². The van der Waals surface area contributed by atoms with Crippen LogP contribution in [0.25, 0.3) is 0 Å². The van der Waals surface area contributed by atoms with E-state index in [4.69, 9.17) is 11.6 Å². The van der Waals surface area contributed by atoms with E-state index in [1.807, 2.05) is 13.8 Å². The minimum Gasteiger partial charge on any atom is -0.493 e. The SMILES string of the molecule is CC(C)c1c(O)nc(CCl)[nH]c1=O. The molecule has 13 heavy (non-hydrogen) atoms. The molecule has 0 aromatic carbocycles. The fraction of sp³-hybridized carbons (Fsp3) is 0.500. The van der Waals surface area contributed by atoms with Crippen LogP contribution in [0.15, 0.2) is 4.79 Å². The smallest absolute Gasteiger partial charge is 0.258 e. The van der Waals surface area contributed by atoms with Crippen molar-refractivity contribution in [3.8, 4) is 5.88 Å². The van der Waals surface area contributed by atoms with Crippen molar-refractivity contribution < 1.29 is 5.11 Å². The van der Waals surface area contributed by atoms with Crippen LogP contribution in [0.3, 0.4) is 0 Å². The van der Waals surface area contributed by atoms with E-state index >= 15 is 0 Å². The van der Waals surface area contributed by atoms with Crippen LogP contribution < -0.4 is 5.56 Å². The maximum absolute atomic E-state index is 11.3. The van der Waals surface area contributed by atoms with Crippen molar-refractivity contribution in [3.05, 3.63) is 21.7 Å². The van der Waals surface area contributed by atoms with Crippen LogP contribution >= 0.6 is 11.6 Å². The van der Waals surface area contributed by atoms with E-state index < -0.39 is 0 Å². The number of nitrogens with zero attached hydrogens (tertiary/aromatic N) is 1. The molecule has 0 radical (unpaired) electrons. The fourth-order valence-corrected chi connectivity index (χ4v) is 1.23. The second-order valence-electron chi connectivity index (χ2n) is 3.04. The molecule has 0 aliphatic rings. The lowest BCUT2D eigenvalue weighted by Gasteiger charge is -2.06. The van der Waals surface area contributed by atoms with Crippen molar-refractivity contribution in [2.45, 2.75) is 25.6 Å². The van der Waals surface area contributed by atoms with Gasteiger partial charge in [0.1, 0.15) is 5.82 Å². The normalized spacial score (nSPS) is 10.8. The van der Waals surface area contributed by atoms with Crippen LogP contribution in [0.5, 0.6) is 5.88 Å². The van der Waals surface area contributed by atoms with E-state index in [0.29, 0.717) is 5.56 Å². The summed E-state index contributed by atoms with van der Waals surface area (Å²) in [6, 6.07) is 0. The number of alkyl halides is 1. The molecule has 1 aromatic heterocycles. The van der Waals surface area contributed by atoms with Gasteiger partial charge in [-0.1, -0.05) is 13.8 Å². The molecule has 4 nitrogen and oxygen atoms in total. The summed E-state index contributed by atoms with van der Waals surface area (Å²) in [5.41, 5.74) is -0.0213. The van der Waals surface area contributed by atoms with Crippen LogP contribution in [0.2, 0.25) is 0 Å². The molecule has 0 saturated heterocycles. The van der Waals surface area contributed by atoms with Crippen LogP contribution in [-0.2, 0) is 5.88 Å². The number of aromatic hydroxyl groups is 1. The van der Waals surface area contributed by atoms with Crippen molar-refractivity contribution in [3.63, 3.8) is 0 Å². The van der Waals surface area contributed by atoms with Crippen molar-refractivity contribution in [1.82, 2.24) is 9.97 Å². The van der Waals surface area contributed by atoms with Gasteiger partial charge in [0.25, 0.3) is 5.56 Å². The Morgan fingerprint density at radius 3 is 2.62 bits per heavy atom. The summed E-state index contributed by atoms with van der Waals surface area (Å²) in [7, 11) is 0. The molecule has 0 atom stereocenters. The molecule has 0 spiro atoms. The first-order valence-corrected chi connectivity index (χ1v) is 4.47. The molecule has 0 saturated carbocycles. The van der Waals surface area contributed by atoms with Crippen molar-refractivity contribution in [2.24, 2.45) is 0 Å². The van der Waals surface area contributed by atoms with Crippen LogP contribution in [0.1, 0.15) is 31.2 Å². The number of hydrogen-bond donors (Lipinski definition) is 2. The van der Waals surface area contributed by atoms with Crippen molar-refractivity contribution >= 4 is 11.6 Å². The predicted molar refractivity (Wildman–Crippen MR) is 50.2 cm³/mol. The summed E-state index contributed by atoms with van der Waals surface area (Å²) in [6.07, 6.45) is 0. The fourth-order valence-electron chi connectivity index (χ4n) is 1.10. The summed E-state index contributed by atoms with van der Waals surface area (Å²) in [5, 5.41) is 9.38. The standard InChI is InChI=1S/C8H11ClN2O2/c1-4(2)6-7(12)10-5(3-9)11-8(6)13/h4H,3H2,1-2H3,(H2,10,11,12,13). The van der Waals surface area contributed by atoms with Crippen LogP contribution in [0.4, 0.5) is 0 Å². The lowest BCUT2D eigenvalue weighted by Crippen LogP contribution is -2.17. The number of halogens is 1. The second kappa shape index (κ2) is 3.79. The monoisotopic (exact) mass is 202 g/mol. The Morgan fingerprint density at radius 1 is 1.62 bits per heavy atom. The molecule has 0 aliphatic carbocycles. The first-order chi connectivity index (χ1) is 6.06. The van der Waals surface area contributed by atoms with Gasteiger partial charge in [-0.25, -0.2) is 0 Å². The maximum Gasteiger partial charge on any atom is 0.258 e. The van der Waals surface area contributed by atoms with E-state index in [1.165, 1.54) is 0 Å². The lowest BCUT2D eigenvalue weighted by atomic mass is 10.1. The average molecular weight is 203 g/mol. The number of aromatic amines is 1. The topological polar surface area (TPSA) is 66.0 Å². The number of H-pyrrole nitrogens is 1. The lowest BCUT2D eigenvalue weighted by molar-refractivity contribution is 0.437. The highest BCUT2D eigenvalue weighted by atomic mass is 35.5. The minimum atomic E-state index is -0.321. The summed E-state index contributed by atoms with van der Waals surface area (Å²) in [6.45, 7) is 3.62. The Morgan fingerprint density at radius 2 is 2.23 bits per heavy atom. The molecule has 0 unspecified atom stereocenters. The third-order valence-electron chi connectivity index (χ3n) is 1.69. The van der Waals surface area contributed by atoms with E-state index in [1.54, 1.807) is 0 Å². The molecule has 0 fully saturated rings. The molecule has 1 aromatic rings. The Kier molecular flexibility index (Phi) is 2.93. The van der Waals surface area contributed by atoms with Crippen molar-refractivity contribution in [2.75, 3.05) is 0 Å². The first kappa shape index (κ1) is 10.1. The molecule has 72 valence electrons. The van der Waals surface area contributed by atoms with Gasteiger partial charge in [0, 0.05) is 0 Å². The zero-order valence-corrected chi connectivity index (χ0v) is 8.22. The number of aromatic nitrogens is 2. The third kappa shape index (κ3) is 2.01. The maximum atomic E-state index is 11.3. The van der Waals surface area contributed by atoms with Gasteiger partial charge >= 0.3 is 0 Å². The van der Waals surface area contributed by atoms with E-state index in [-0.39, 0.29) is 29.1 Å². The Hall–Kier alpha value is -1.03. The Bertz CT molecular complexity index is 360. The van der Waals surface area contributed by atoms with Gasteiger partial charge in [0.05, 0.1) is 11.4 Å². The quantitative estimate of drug-likeness (QED) is 0.712. The van der Waals surface area contributed by atoms with Gasteiger partial charge in [0.15, 0.2) is 0 Å².